The highest BCUT2D eigenvalue weighted by atomic mass is 32.2. The largest absolute Gasteiger partial charge is 0.367 e. The Morgan fingerprint density at radius 3 is 1.92 bits per heavy atom. The fourth-order valence-electron chi connectivity index (χ4n) is 1.25. The fraction of sp³-hybridized carbons (Fsp3) is 0.833. The van der Waals surface area contributed by atoms with E-state index in [1.165, 1.54) is 21.0 Å². The monoisotopic (exact) mass is 210 g/mol. The van der Waals surface area contributed by atoms with Gasteiger partial charge in [-0.2, -0.15) is 8.42 Å². The first kappa shape index (κ1) is 12.3. The van der Waals surface area contributed by atoms with Crippen LogP contribution in [0.25, 0.3) is 0 Å². The normalized spacial score (nSPS) is 17.0. The van der Waals surface area contributed by atoms with Crippen LogP contribution in [0.15, 0.2) is 0 Å². The third kappa shape index (κ3) is 1.82. The van der Waals surface area contributed by atoms with Crippen molar-refractivity contribution in [1.29, 1.82) is 0 Å². The van der Waals surface area contributed by atoms with Crippen molar-refractivity contribution in [3.8, 4) is 0 Å². The van der Waals surface area contributed by atoms with Gasteiger partial charge < -0.3 is 5.73 Å². The van der Waals surface area contributed by atoms with Crippen LogP contribution in [0, 0.1) is 0 Å². The number of hydrogen-bond donors (Lipinski definition) is 2. The Morgan fingerprint density at radius 1 is 1.54 bits per heavy atom. The van der Waals surface area contributed by atoms with E-state index >= 15 is 0 Å². The molecular weight excluding hydrogens is 196 g/mol. The van der Waals surface area contributed by atoms with Gasteiger partial charge in [-0.1, -0.05) is 6.92 Å². The maximum atomic E-state index is 11.0. The van der Waals surface area contributed by atoms with E-state index in [1.807, 2.05) is 0 Å². The second kappa shape index (κ2) is 3.60. The highest BCUT2D eigenvalue weighted by Crippen LogP contribution is 2.22. The average Bonchev–Trinajstić information content (AvgIpc) is 1.83. The number of carbonyl (C=O) groups excluding carboxylic acids is 1. The molecule has 0 aliphatic carbocycles. The van der Waals surface area contributed by atoms with Crippen molar-refractivity contribution in [1.82, 2.24) is 4.90 Å². The van der Waals surface area contributed by atoms with Crippen LogP contribution in [-0.2, 0) is 14.9 Å². The molecule has 13 heavy (non-hydrogen) atoms. The molecule has 0 fully saturated rings. The predicted octanol–water partition coefficient (Wildman–Crippen LogP) is -0.973. The molecule has 1 atom stereocenters. The van der Waals surface area contributed by atoms with Gasteiger partial charge >= 0.3 is 0 Å². The smallest absolute Gasteiger partial charge is 0.293 e. The first-order valence-corrected chi connectivity index (χ1v) is 5.08. The van der Waals surface area contributed by atoms with E-state index in [2.05, 4.69) is 0 Å². The molecule has 1 unspecified atom stereocenters. The van der Waals surface area contributed by atoms with Gasteiger partial charge in [0.25, 0.3) is 16.0 Å². The summed E-state index contributed by atoms with van der Waals surface area (Å²) in [5.74, 6) is -1.08. The van der Waals surface area contributed by atoms with Gasteiger partial charge in [-0.3, -0.25) is 14.2 Å². The van der Waals surface area contributed by atoms with Crippen molar-refractivity contribution in [2.24, 2.45) is 5.73 Å². The molecule has 3 N–H and O–H groups in total. The lowest BCUT2D eigenvalue weighted by atomic mass is 10.2. The van der Waals surface area contributed by atoms with Crippen molar-refractivity contribution in [3.05, 3.63) is 0 Å². The van der Waals surface area contributed by atoms with Gasteiger partial charge in [0.05, 0.1) is 0 Å². The summed E-state index contributed by atoms with van der Waals surface area (Å²) < 4.78 is 30.9. The van der Waals surface area contributed by atoms with Crippen LogP contribution < -0.4 is 5.73 Å². The minimum Gasteiger partial charge on any atom is -0.367 e. The van der Waals surface area contributed by atoms with Gasteiger partial charge in [-0.25, -0.2) is 0 Å². The Bertz CT molecular complexity index is 298. The standard InChI is InChI=1S/C6H14N2O4S/c1-4-6(5(7)9,8(2)3)13(10,11)12/h4H2,1-3H3,(H2,7,9)(H,10,11,12). The molecule has 0 spiro atoms. The van der Waals surface area contributed by atoms with E-state index in [-0.39, 0.29) is 6.42 Å². The van der Waals surface area contributed by atoms with E-state index in [4.69, 9.17) is 10.3 Å². The third-order valence-corrected chi connectivity index (χ3v) is 3.72. The molecular formula is C6H14N2O4S. The summed E-state index contributed by atoms with van der Waals surface area (Å²) in [7, 11) is -1.80. The topological polar surface area (TPSA) is 101 Å². The zero-order chi connectivity index (χ0) is 10.9. The van der Waals surface area contributed by atoms with Gasteiger partial charge in [-0.15, -0.1) is 0 Å². The Hall–Kier alpha value is -0.660. The Labute approximate surface area is 77.5 Å². The summed E-state index contributed by atoms with van der Waals surface area (Å²) in [4.78, 5) is 10.0. The molecule has 0 saturated carbocycles. The number of rotatable bonds is 4. The molecule has 0 aliphatic heterocycles. The minimum atomic E-state index is -4.52. The number of hydrogen-bond acceptors (Lipinski definition) is 4. The van der Waals surface area contributed by atoms with Crippen LogP contribution in [0.5, 0.6) is 0 Å². The predicted molar refractivity (Wildman–Crippen MR) is 47.5 cm³/mol. The lowest BCUT2D eigenvalue weighted by molar-refractivity contribution is -0.124. The second-order valence-corrected chi connectivity index (χ2v) is 4.50. The number of likely N-dealkylation sites (N-methyl/N-ethyl adjacent to an activating group) is 1. The van der Waals surface area contributed by atoms with Crippen LogP contribution in [-0.4, -0.2) is 42.7 Å². The molecule has 0 saturated heterocycles. The van der Waals surface area contributed by atoms with Crippen LogP contribution in [0.1, 0.15) is 13.3 Å². The zero-order valence-corrected chi connectivity index (χ0v) is 8.63. The number of nitrogens with zero attached hydrogens (tertiary/aromatic N) is 1. The molecule has 0 aromatic carbocycles. The maximum absolute atomic E-state index is 11.0. The van der Waals surface area contributed by atoms with Gasteiger partial charge in [-0.05, 0) is 20.5 Å². The lowest BCUT2D eigenvalue weighted by Gasteiger charge is -2.32. The quantitative estimate of drug-likeness (QED) is 0.581. The first-order valence-electron chi connectivity index (χ1n) is 3.64. The van der Waals surface area contributed by atoms with Gasteiger partial charge in [0.15, 0.2) is 0 Å². The Morgan fingerprint density at radius 2 is 1.92 bits per heavy atom. The molecule has 1 amide bonds. The van der Waals surface area contributed by atoms with Gasteiger partial charge in [0.1, 0.15) is 0 Å². The number of amides is 1. The second-order valence-electron chi connectivity index (χ2n) is 2.87. The molecule has 0 radical (unpaired) electrons. The highest BCUT2D eigenvalue weighted by molar-refractivity contribution is 7.88. The molecule has 0 aromatic rings. The number of primary amides is 1. The minimum absolute atomic E-state index is 0.103. The van der Waals surface area contributed by atoms with Crippen molar-refractivity contribution < 1.29 is 17.8 Å². The summed E-state index contributed by atoms with van der Waals surface area (Å²) in [6.45, 7) is 1.46. The van der Waals surface area contributed by atoms with Crippen LogP contribution in [0.2, 0.25) is 0 Å². The third-order valence-electron chi connectivity index (χ3n) is 2.01. The zero-order valence-electron chi connectivity index (χ0n) is 7.81. The summed E-state index contributed by atoms with van der Waals surface area (Å²) >= 11 is 0. The molecule has 0 bridgehead atoms. The summed E-state index contributed by atoms with van der Waals surface area (Å²) in [6, 6.07) is 0. The molecule has 7 heteroatoms. The van der Waals surface area contributed by atoms with E-state index in [0.29, 0.717) is 0 Å². The molecule has 0 rings (SSSR count). The maximum Gasteiger partial charge on any atom is 0.293 e. The summed E-state index contributed by atoms with van der Waals surface area (Å²) in [5.41, 5.74) is 4.95. The molecule has 0 heterocycles. The van der Waals surface area contributed by atoms with Gasteiger partial charge in [0, 0.05) is 0 Å². The van der Waals surface area contributed by atoms with E-state index in [1.54, 1.807) is 0 Å². The first-order chi connectivity index (χ1) is 5.70. The van der Waals surface area contributed by atoms with Crippen LogP contribution >= 0.6 is 0 Å². The number of carbonyl (C=O) groups is 1. The Balaban J connectivity index is 5.53. The van der Waals surface area contributed by atoms with Crippen LogP contribution in [0.4, 0.5) is 0 Å². The SMILES string of the molecule is CCC(C(N)=O)(N(C)C)S(=O)(=O)O. The van der Waals surface area contributed by atoms with E-state index in [0.717, 1.165) is 4.90 Å². The van der Waals surface area contributed by atoms with Crippen molar-refractivity contribution >= 4 is 16.0 Å². The molecule has 0 aliphatic rings. The van der Waals surface area contributed by atoms with Crippen molar-refractivity contribution in [2.45, 2.75) is 18.2 Å². The summed E-state index contributed by atoms with van der Waals surface area (Å²) in [6.07, 6.45) is -0.103. The Kier molecular flexibility index (Phi) is 3.42. The van der Waals surface area contributed by atoms with Gasteiger partial charge in [0.2, 0.25) is 4.87 Å². The van der Waals surface area contributed by atoms with Crippen molar-refractivity contribution in [3.63, 3.8) is 0 Å². The molecule has 0 aromatic heterocycles. The molecule has 78 valence electrons. The number of nitrogens with two attached hydrogens (primary N) is 1. The van der Waals surface area contributed by atoms with E-state index < -0.39 is 20.9 Å². The lowest BCUT2D eigenvalue weighted by Crippen LogP contribution is -2.59. The highest BCUT2D eigenvalue weighted by Gasteiger charge is 2.49. The fourth-order valence-corrected chi connectivity index (χ4v) is 2.33. The molecule has 6 nitrogen and oxygen atoms in total. The van der Waals surface area contributed by atoms with Crippen LogP contribution in [0.3, 0.4) is 0 Å². The van der Waals surface area contributed by atoms with E-state index in [9.17, 15) is 13.2 Å². The summed E-state index contributed by atoms with van der Waals surface area (Å²) in [5, 5.41) is 0. The average molecular weight is 210 g/mol. The van der Waals surface area contributed by atoms with Crippen molar-refractivity contribution in [2.75, 3.05) is 14.1 Å².